The smallest absolute Gasteiger partial charge is 0.0604 e. The van der Waals surface area contributed by atoms with E-state index < -0.39 is 0 Å². The first-order valence-electron chi connectivity index (χ1n) is 7.46. The number of aryl methyl sites for hydroxylation is 1. The molecule has 0 spiro atoms. The highest BCUT2D eigenvalue weighted by molar-refractivity contribution is 5.22. The Labute approximate surface area is 111 Å². The lowest BCUT2D eigenvalue weighted by Gasteiger charge is -2.27. The van der Waals surface area contributed by atoms with Gasteiger partial charge in [0.15, 0.2) is 0 Å². The van der Waals surface area contributed by atoms with Crippen molar-refractivity contribution in [2.45, 2.75) is 57.9 Å². The van der Waals surface area contributed by atoms with Gasteiger partial charge in [0.05, 0.1) is 5.69 Å². The van der Waals surface area contributed by atoms with Gasteiger partial charge in [-0.2, -0.15) is 0 Å². The molecule has 1 aromatic heterocycles. The van der Waals surface area contributed by atoms with Crippen LogP contribution in [-0.2, 0) is 6.42 Å². The molecule has 2 nitrogen and oxygen atoms in total. The monoisotopic (exact) mass is 246 g/mol. The number of nitrogens with zero attached hydrogens (tertiary/aromatic N) is 1. The van der Waals surface area contributed by atoms with Crippen LogP contribution in [-0.4, -0.2) is 12.0 Å². The van der Waals surface area contributed by atoms with Crippen LogP contribution in [0.15, 0.2) is 18.3 Å². The molecule has 1 aromatic rings. The van der Waals surface area contributed by atoms with Gasteiger partial charge in [-0.15, -0.1) is 0 Å². The minimum absolute atomic E-state index is 0.434. The van der Waals surface area contributed by atoms with Gasteiger partial charge in [0.25, 0.3) is 0 Å². The van der Waals surface area contributed by atoms with E-state index in [1.54, 1.807) is 0 Å². The van der Waals surface area contributed by atoms with E-state index >= 15 is 0 Å². The van der Waals surface area contributed by atoms with Crippen LogP contribution in [0, 0.1) is 5.92 Å². The third-order valence-corrected chi connectivity index (χ3v) is 4.28. The lowest BCUT2D eigenvalue weighted by Crippen LogP contribution is -2.23. The van der Waals surface area contributed by atoms with Gasteiger partial charge in [-0.1, -0.05) is 45.1 Å². The van der Waals surface area contributed by atoms with Crippen molar-refractivity contribution in [1.82, 2.24) is 10.3 Å². The molecule has 2 heteroatoms. The van der Waals surface area contributed by atoms with Crippen molar-refractivity contribution in [3.63, 3.8) is 0 Å². The maximum Gasteiger partial charge on any atom is 0.0604 e. The number of rotatable bonds is 5. The molecule has 1 fully saturated rings. The third-order valence-electron chi connectivity index (χ3n) is 4.28. The molecule has 1 aliphatic rings. The second-order valence-electron chi connectivity index (χ2n) is 5.48. The van der Waals surface area contributed by atoms with E-state index in [1.807, 2.05) is 6.20 Å². The van der Waals surface area contributed by atoms with Gasteiger partial charge >= 0.3 is 0 Å². The fourth-order valence-electron chi connectivity index (χ4n) is 3.19. The van der Waals surface area contributed by atoms with E-state index in [1.165, 1.54) is 49.8 Å². The molecule has 0 amide bonds. The minimum atomic E-state index is 0.434. The van der Waals surface area contributed by atoms with Crippen LogP contribution in [0.3, 0.4) is 0 Å². The molecule has 1 atom stereocenters. The molecule has 1 saturated carbocycles. The Morgan fingerprint density at radius 2 is 2.11 bits per heavy atom. The maximum atomic E-state index is 4.62. The van der Waals surface area contributed by atoms with Crippen LogP contribution in [0.25, 0.3) is 0 Å². The zero-order valence-electron chi connectivity index (χ0n) is 11.8. The minimum Gasteiger partial charge on any atom is -0.312 e. The largest absolute Gasteiger partial charge is 0.312 e. The zero-order chi connectivity index (χ0) is 12.8. The summed E-state index contributed by atoms with van der Waals surface area (Å²) >= 11 is 0. The number of pyridine rings is 1. The summed E-state index contributed by atoms with van der Waals surface area (Å²) in [7, 11) is 2.07. The molecule has 1 aliphatic carbocycles. The molecule has 1 N–H and O–H groups in total. The van der Waals surface area contributed by atoms with Crippen LogP contribution in [0.2, 0.25) is 0 Å². The Bertz CT molecular complexity index is 356. The Kier molecular flexibility index (Phi) is 5.18. The first-order valence-corrected chi connectivity index (χ1v) is 7.46. The summed E-state index contributed by atoms with van der Waals surface area (Å²) in [6, 6.07) is 4.70. The molecule has 0 aromatic carbocycles. The van der Waals surface area contributed by atoms with Gasteiger partial charge in [0.2, 0.25) is 0 Å². The normalized spacial score (nSPS) is 18.8. The van der Waals surface area contributed by atoms with Crippen LogP contribution < -0.4 is 5.32 Å². The van der Waals surface area contributed by atoms with Crippen molar-refractivity contribution in [3.8, 4) is 0 Å². The van der Waals surface area contributed by atoms with Crippen molar-refractivity contribution in [2.24, 2.45) is 5.92 Å². The summed E-state index contributed by atoms with van der Waals surface area (Å²) in [6.07, 6.45) is 11.4. The van der Waals surface area contributed by atoms with E-state index in [9.17, 15) is 0 Å². The van der Waals surface area contributed by atoms with Gasteiger partial charge in [-0.25, -0.2) is 0 Å². The first-order chi connectivity index (χ1) is 8.85. The summed E-state index contributed by atoms with van der Waals surface area (Å²) in [5.74, 6) is 0.892. The highest BCUT2D eigenvalue weighted by Gasteiger charge is 2.21. The lowest BCUT2D eigenvalue weighted by molar-refractivity contribution is 0.303. The molecular weight excluding hydrogens is 220 g/mol. The average molecular weight is 246 g/mol. The fourth-order valence-corrected chi connectivity index (χ4v) is 3.19. The van der Waals surface area contributed by atoms with E-state index in [4.69, 9.17) is 0 Å². The molecule has 1 unspecified atom stereocenters. The standard InChI is InChI=1S/C16H26N2/c1-3-14-10-7-11-18-16(14)15(17-2)12-13-8-5-4-6-9-13/h7,10-11,13,15,17H,3-6,8-9,12H2,1-2H3. The molecule has 0 saturated heterocycles. The second-order valence-corrected chi connectivity index (χ2v) is 5.48. The molecule has 0 bridgehead atoms. The molecule has 1 heterocycles. The summed E-state index contributed by atoms with van der Waals surface area (Å²) in [5, 5.41) is 3.48. The highest BCUT2D eigenvalue weighted by atomic mass is 14.9. The Morgan fingerprint density at radius 3 is 2.78 bits per heavy atom. The van der Waals surface area contributed by atoms with Crippen LogP contribution >= 0.6 is 0 Å². The molecule has 2 rings (SSSR count). The summed E-state index contributed by atoms with van der Waals surface area (Å²) in [6.45, 7) is 2.22. The molecule has 100 valence electrons. The summed E-state index contributed by atoms with van der Waals surface area (Å²) in [4.78, 5) is 4.62. The van der Waals surface area contributed by atoms with Gasteiger partial charge in [0.1, 0.15) is 0 Å². The number of hydrogen-bond donors (Lipinski definition) is 1. The van der Waals surface area contributed by atoms with Crippen molar-refractivity contribution in [1.29, 1.82) is 0 Å². The van der Waals surface area contributed by atoms with Crippen molar-refractivity contribution >= 4 is 0 Å². The van der Waals surface area contributed by atoms with E-state index in [2.05, 4.69) is 36.4 Å². The van der Waals surface area contributed by atoms with E-state index in [0.717, 1.165) is 12.3 Å². The Morgan fingerprint density at radius 1 is 1.33 bits per heavy atom. The third kappa shape index (κ3) is 3.32. The van der Waals surface area contributed by atoms with Crippen LogP contribution in [0.1, 0.15) is 62.7 Å². The number of nitrogens with one attached hydrogen (secondary N) is 1. The first kappa shape index (κ1) is 13.5. The van der Waals surface area contributed by atoms with Crippen molar-refractivity contribution in [3.05, 3.63) is 29.6 Å². The predicted octanol–water partition coefficient (Wildman–Crippen LogP) is 3.87. The van der Waals surface area contributed by atoms with Gasteiger partial charge in [-0.3, -0.25) is 4.98 Å². The van der Waals surface area contributed by atoms with Crippen molar-refractivity contribution in [2.75, 3.05) is 7.05 Å². The molecule has 0 aliphatic heterocycles. The predicted molar refractivity (Wildman–Crippen MR) is 76.6 cm³/mol. The summed E-state index contributed by atoms with van der Waals surface area (Å²) < 4.78 is 0. The van der Waals surface area contributed by atoms with E-state index in [0.29, 0.717) is 6.04 Å². The maximum absolute atomic E-state index is 4.62. The average Bonchev–Trinajstić information content (AvgIpc) is 2.46. The zero-order valence-corrected chi connectivity index (χ0v) is 11.8. The van der Waals surface area contributed by atoms with Crippen LogP contribution in [0.5, 0.6) is 0 Å². The quantitative estimate of drug-likeness (QED) is 0.853. The lowest BCUT2D eigenvalue weighted by atomic mass is 9.83. The number of hydrogen-bond acceptors (Lipinski definition) is 2. The molecule has 0 radical (unpaired) electrons. The van der Waals surface area contributed by atoms with E-state index in [-0.39, 0.29) is 0 Å². The SMILES string of the molecule is CCc1cccnc1C(CC1CCCCC1)NC. The fraction of sp³-hybridized carbons (Fsp3) is 0.688. The Hall–Kier alpha value is -0.890. The topological polar surface area (TPSA) is 24.9 Å². The van der Waals surface area contributed by atoms with Gasteiger partial charge in [0, 0.05) is 12.2 Å². The number of aromatic nitrogens is 1. The summed E-state index contributed by atoms with van der Waals surface area (Å²) in [5.41, 5.74) is 2.67. The molecule has 18 heavy (non-hydrogen) atoms. The van der Waals surface area contributed by atoms with Crippen molar-refractivity contribution < 1.29 is 0 Å². The Balaban J connectivity index is 2.07. The van der Waals surface area contributed by atoms with Gasteiger partial charge < -0.3 is 5.32 Å². The van der Waals surface area contributed by atoms with Gasteiger partial charge in [-0.05, 0) is 37.4 Å². The molecular formula is C16H26N2. The van der Waals surface area contributed by atoms with Crippen LogP contribution in [0.4, 0.5) is 0 Å². The second kappa shape index (κ2) is 6.89. The highest BCUT2D eigenvalue weighted by Crippen LogP contribution is 2.32.